The maximum absolute atomic E-state index is 11.4. The average Bonchev–Trinajstić information content (AvgIpc) is 2.30. The van der Waals surface area contributed by atoms with Crippen LogP contribution in [0.5, 0.6) is 5.88 Å². The van der Waals surface area contributed by atoms with Crippen molar-refractivity contribution in [2.24, 2.45) is 0 Å². The minimum Gasteiger partial charge on any atom is -0.480 e. The molecule has 0 saturated carbocycles. The predicted octanol–water partition coefficient (Wildman–Crippen LogP) is 0.594. The van der Waals surface area contributed by atoms with E-state index >= 15 is 0 Å². The van der Waals surface area contributed by atoms with Crippen molar-refractivity contribution < 1.29 is 14.6 Å². The zero-order chi connectivity index (χ0) is 11.8. The largest absolute Gasteiger partial charge is 0.480 e. The third-order valence-electron chi connectivity index (χ3n) is 1.83. The molecule has 0 saturated heterocycles. The fourth-order valence-corrected chi connectivity index (χ4v) is 1.10. The Morgan fingerprint density at radius 1 is 1.62 bits per heavy atom. The van der Waals surface area contributed by atoms with Crippen molar-refractivity contribution in [3.63, 3.8) is 0 Å². The van der Waals surface area contributed by atoms with Crippen LogP contribution in [0, 0.1) is 0 Å². The smallest absolute Gasteiger partial charge is 0.319 e. The first kappa shape index (κ1) is 12.3. The van der Waals surface area contributed by atoms with Gasteiger partial charge in [0.1, 0.15) is 5.69 Å². The number of anilines is 1. The van der Waals surface area contributed by atoms with Gasteiger partial charge < -0.3 is 20.5 Å². The maximum atomic E-state index is 11.4. The number of hydrogen-bond donors (Lipinski definition) is 3. The second kappa shape index (κ2) is 6.62. The van der Waals surface area contributed by atoms with Gasteiger partial charge in [-0.15, -0.1) is 0 Å². The Labute approximate surface area is 93.6 Å². The Balaban J connectivity index is 2.49. The first-order chi connectivity index (χ1) is 7.77. The molecular formula is C10H15N3O3. The quantitative estimate of drug-likeness (QED) is 0.640. The van der Waals surface area contributed by atoms with Gasteiger partial charge in [0.05, 0.1) is 7.11 Å². The number of amides is 2. The SMILES string of the molecule is COc1ncccc1NC(=O)NCCCO. The molecule has 88 valence electrons. The molecule has 2 amide bonds. The summed E-state index contributed by atoms with van der Waals surface area (Å²) in [6.07, 6.45) is 2.10. The number of ether oxygens (including phenoxy) is 1. The molecule has 16 heavy (non-hydrogen) atoms. The van der Waals surface area contributed by atoms with Crippen LogP contribution in [-0.2, 0) is 0 Å². The molecule has 0 fully saturated rings. The zero-order valence-corrected chi connectivity index (χ0v) is 9.06. The molecule has 0 aromatic carbocycles. The van der Waals surface area contributed by atoms with Gasteiger partial charge in [0.15, 0.2) is 0 Å². The zero-order valence-electron chi connectivity index (χ0n) is 9.06. The van der Waals surface area contributed by atoms with Gasteiger partial charge in [0, 0.05) is 19.3 Å². The van der Waals surface area contributed by atoms with Gasteiger partial charge in [0.25, 0.3) is 0 Å². The highest BCUT2D eigenvalue weighted by Gasteiger charge is 2.06. The van der Waals surface area contributed by atoms with E-state index in [1.807, 2.05) is 0 Å². The summed E-state index contributed by atoms with van der Waals surface area (Å²) in [5, 5.41) is 13.7. The highest BCUT2D eigenvalue weighted by Crippen LogP contribution is 2.19. The third-order valence-corrected chi connectivity index (χ3v) is 1.83. The standard InChI is InChI=1S/C10H15N3O3/c1-16-9-8(4-2-5-11-9)13-10(15)12-6-3-7-14/h2,4-5,14H,3,6-7H2,1H3,(H2,12,13,15). The number of hydrogen-bond acceptors (Lipinski definition) is 4. The van der Waals surface area contributed by atoms with Gasteiger partial charge in [-0.3, -0.25) is 0 Å². The normalized spacial score (nSPS) is 9.62. The number of nitrogens with one attached hydrogen (secondary N) is 2. The fraction of sp³-hybridized carbons (Fsp3) is 0.400. The molecule has 6 nitrogen and oxygen atoms in total. The summed E-state index contributed by atoms with van der Waals surface area (Å²) in [5.74, 6) is 0.361. The van der Waals surface area contributed by atoms with E-state index in [0.29, 0.717) is 24.5 Å². The van der Waals surface area contributed by atoms with E-state index in [1.54, 1.807) is 18.3 Å². The number of aromatic nitrogens is 1. The lowest BCUT2D eigenvalue weighted by Gasteiger charge is -2.09. The van der Waals surface area contributed by atoms with Crippen molar-refractivity contribution in [1.82, 2.24) is 10.3 Å². The number of nitrogens with zero attached hydrogens (tertiary/aromatic N) is 1. The second-order valence-electron chi connectivity index (χ2n) is 3.02. The highest BCUT2D eigenvalue weighted by atomic mass is 16.5. The van der Waals surface area contributed by atoms with E-state index in [2.05, 4.69) is 15.6 Å². The third kappa shape index (κ3) is 3.74. The fourth-order valence-electron chi connectivity index (χ4n) is 1.10. The van der Waals surface area contributed by atoms with Crippen LogP contribution in [0.4, 0.5) is 10.5 Å². The number of rotatable bonds is 5. The van der Waals surface area contributed by atoms with E-state index in [-0.39, 0.29) is 12.6 Å². The lowest BCUT2D eigenvalue weighted by molar-refractivity contribution is 0.248. The van der Waals surface area contributed by atoms with Gasteiger partial charge in [-0.25, -0.2) is 9.78 Å². The van der Waals surface area contributed by atoms with Crippen LogP contribution in [0.1, 0.15) is 6.42 Å². The molecule has 1 aromatic heterocycles. The molecular weight excluding hydrogens is 210 g/mol. The summed E-state index contributed by atoms with van der Waals surface area (Å²) in [7, 11) is 1.48. The number of urea groups is 1. The molecule has 0 bridgehead atoms. The van der Waals surface area contributed by atoms with Crippen LogP contribution in [-0.4, -0.2) is 36.4 Å². The van der Waals surface area contributed by atoms with Crippen molar-refractivity contribution in [2.45, 2.75) is 6.42 Å². The van der Waals surface area contributed by atoms with Crippen molar-refractivity contribution >= 4 is 11.7 Å². The number of aliphatic hydroxyl groups is 1. The monoisotopic (exact) mass is 225 g/mol. The highest BCUT2D eigenvalue weighted by molar-refractivity contribution is 5.90. The van der Waals surface area contributed by atoms with Crippen LogP contribution in [0.3, 0.4) is 0 Å². The number of carbonyl (C=O) groups is 1. The summed E-state index contributed by atoms with van der Waals surface area (Å²) in [4.78, 5) is 15.3. The summed E-state index contributed by atoms with van der Waals surface area (Å²) in [5.41, 5.74) is 0.506. The van der Waals surface area contributed by atoms with Crippen molar-refractivity contribution in [3.05, 3.63) is 18.3 Å². The number of methoxy groups -OCH3 is 1. The Morgan fingerprint density at radius 3 is 3.12 bits per heavy atom. The number of carbonyl (C=O) groups excluding carboxylic acids is 1. The molecule has 0 aliphatic heterocycles. The molecule has 1 rings (SSSR count). The topological polar surface area (TPSA) is 83.5 Å². The van der Waals surface area contributed by atoms with E-state index < -0.39 is 0 Å². The van der Waals surface area contributed by atoms with Crippen LogP contribution in [0.15, 0.2) is 18.3 Å². The van der Waals surface area contributed by atoms with Crippen molar-refractivity contribution in [1.29, 1.82) is 0 Å². The first-order valence-electron chi connectivity index (χ1n) is 4.92. The summed E-state index contributed by atoms with van der Waals surface area (Å²) in [6, 6.07) is 3.04. The van der Waals surface area contributed by atoms with Gasteiger partial charge >= 0.3 is 6.03 Å². The van der Waals surface area contributed by atoms with E-state index in [9.17, 15) is 4.79 Å². The lowest BCUT2D eigenvalue weighted by Crippen LogP contribution is -2.30. The van der Waals surface area contributed by atoms with Gasteiger partial charge in [0.2, 0.25) is 5.88 Å². The molecule has 0 radical (unpaired) electrons. The molecule has 0 spiro atoms. The lowest BCUT2D eigenvalue weighted by atomic mass is 10.4. The molecule has 0 aliphatic rings. The average molecular weight is 225 g/mol. The number of aliphatic hydroxyl groups excluding tert-OH is 1. The Hall–Kier alpha value is -1.82. The molecule has 1 aromatic rings. The van der Waals surface area contributed by atoms with Crippen molar-refractivity contribution in [2.75, 3.05) is 25.6 Å². The summed E-state index contributed by atoms with van der Waals surface area (Å²) < 4.78 is 4.98. The van der Waals surface area contributed by atoms with Crippen molar-refractivity contribution in [3.8, 4) is 5.88 Å². The van der Waals surface area contributed by atoms with E-state index in [0.717, 1.165) is 0 Å². The van der Waals surface area contributed by atoms with Crippen LogP contribution < -0.4 is 15.4 Å². The Morgan fingerprint density at radius 2 is 2.44 bits per heavy atom. The van der Waals surface area contributed by atoms with Gasteiger partial charge in [-0.1, -0.05) is 0 Å². The minimum absolute atomic E-state index is 0.0521. The molecule has 0 unspecified atom stereocenters. The van der Waals surface area contributed by atoms with Gasteiger partial charge in [-0.2, -0.15) is 0 Å². The molecule has 1 heterocycles. The minimum atomic E-state index is -0.347. The molecule has 3 N–H and O–H groups in total. The summed E-state index contributed by atoms with van der Waals surface area (Å²) in [6.45, 7) is 0.474. The molecule has 6 heteroatoms. The van der Waals surface area contributed by atoms with Crippen LogP contribution >= 0.6 is 0 Å². The first-order valence-corrected chi connectivity index (χ1v) is 4.92. The predicted molar refractivity (Wildman–Crippen MR) is 59.5 cm³/mol. The Kier molecular flexibility index (Phi) is 5.07. The summed E-state index contributed by atoms with van der Waals surface area (Å²) >= 11 is 0. The molecule has 0 aliphatic carbocycles. The van der Waals surface area contributed by atoms with Crippen LogP contribution in [0.2, 0.25) is 0 Å². The second-order valence-corrected chi connectivity index (χ2v) is 3.02. The van der Waals surface area contributed by atoms with Crippen LogP contribution in [0.25, 0.3) is 0 Å². The van der Waals surface area contributed by atoms with Gasteiger partial charge in [-0.05, 0) is 18.6 Å². The maximum Gasteiger partial charge on any atom is 0.319 e. The molecule has 0 atom stereocenters. The Bertz CT molecular complexity index is 344. The van der Waals surface area contributed by atoms with E-state index in [1.165, 1.54) is 7.11 Å². The number of pyridine rings is 1. The van der Waals surface area contributed by atoms with E-state index in [4.69, 9.17) is 9.84 Å².